The molecular formula is C17H20N4O2S. The monoisotopic (exact) mass is 344 g/mol. The first-order chi connectivity index (χ1) is 11.6. The van der Waals surface area contributed by atoms with E-state index in [2.05, 4.69) is 22.3 Å². The van der Waals surface area contributed by atoms with Crippen LogP contribution in [0.5, 0.6) is 0 Å². The zero-order chi connectivity index (χ0) is 16.9. The van der Waals surface area contributed by atoms with Gasteiger partial charge in [-0.1, -0.05) is 6.92 Å². The van der Waals surface area contributed by atoms with Crippen molar-refractivity contribution >= 4 is 17.2 Å². The van der Waals surface area contributed by atoms with Gasteiger partial charge in [0.05, 0.1) is 12.1 Å². The molecule has 0 fully saturated rings. The lowest BCUT2D eigenvalue weighted by molar-refractivity contribution is -0.120. The van der Waals surface area contributed by atoms with Gasteiger partial charge < -0.3 is 9.73 Å². The van der Waals surface area contributed by atoms with Crippen LogP contribution in [0.15, 0.2) is 40.4 Å². The molecule has 3 aromatic rings. The third kappa shape index (κ3) is 4.32. The highest BCUT2D eigenvalue weighted by molar-refractivity contribution is 7.13. The highest BCUT2D eigenvalue weighted by Crippen LogP contribution is 2.25. The first-order valence-corrected chi connectivity index (χ1v) is 8.73. The Kier molecular flexibility index (Phi) is 5.10. The lowest BCUT2D eigenvalue weighted by Crippen LogP contribution is -2.31. The molecule has 3 aromatic heterocycles. The number of nitrogens with one attached hydrogen (secondary N) is 1. The Morgan fingerprint density at radius 2 is 2.33 bits per heavy atom. The number of aryl methyl sites for hydroxylation is 1. The van der Waals surface area contributed by atoms with Gasteiger partial charge in [-0.25, -0.2) is 4.98 Å². The normalized spacial score (nSPS) is 12.2. The number of carbonyl (C=O) groups is 1. The molecule has 0 bridgehead atoms. The summed E-state index contributed by atoms with van der Waals surface area (Å²) in [6.07, 6.45) is 3.96. The van der Waals surface area contributed by atoms with Crippen LogP contribution in [-0.4, -0.2) is 27.2 Å². The lowest BCUT2D eigenvalue weighted by atomic mass is 10.2. The minimum atomic E-state index is -0.0187. The van der Waals surface area contributed by atoms with Crippen molar-refractivity contribution < 1.29 is 9.21 Å². The average molecular weight is 344 g/mol. The van der Waals surface area contributed by atoms with Crippen LogP contribution < -0.4 is 5.32 Å². The Hall–Kier alpha value is -2.41. The van der Waals surface area contributed by atoms with E-state index in [9.17, 15) is 4.79 Å². The number of rotatable bonds is 7. The molecule has 0 aliphatic carbocycles. The van der Waals surface area contributed by atoms with E-state index >= 15 is 0 Å². The Labute approximate surface area is 144 Å². The molecule has 0 radical (unpaired) electrons. The summed E-state index contributed by atoms with van der Waals surface area (Å²) >= 11 is 1.49. The summed E-state index contributed by atoms with van der Waals surface area (Å²) < 4.78 is 7.43. The Morgan fingerprint density at radius 3 is 3.04 bits per heavy atom. The van der Waals surface area contributed by atoms with Gasteiger partial charge in [-0.3, -0.25) is 9.48 Å². The number of hydrogen-bond acceptors (Lipinski definition) is 5. The molecule has 1 amide bonds. The maximum atomic E-state index is 12.1. The van der Waals surface area contributed by atoms with Gasteiger partial charge in [-0.05, 0) is 31.0 Å². The number of nitrogens with zero attached hydrogens (tertiary/aromatic N) is 3. The summed E-state index contributed by atoms with van der Waals surface area (Å²) in [6.45, 7) is 5.39. The molecule has 0 aliphatic rings. The van der Waals surface area contributed by atoms with E-state index in [1.165, 1.54) is 11.3 Å². The quantitative estimate of drug-likeness (QED) is 0.715. The van der Waals surface area contributed by atoms with Gasteiger partial charge in [0, 0.05) is 30.9 Å². The molecule has 0 saturated heterocycles. The molecule has 0 saturated carbocycles. The van der Waals surface area contributed by atoms with Crippen LogP contribution in [0.25, 0.3) is 10.8 Å². The number of amides is 1. The Bertz CT molecular complexity index is 791. The minimum Gasteiger partial charge on any atom is -0.459 e. The van der Waals surface area contributed by atoms with Gasteiger partial charge in [0.15, 0.2) is 10.8 Å². The Balaban J connectivity index is 1.47. The highest BCUT2D eigenvalue weighted by atomic mass is 32.1. The van der Waals surface area contributed by atoms with E-state index in [-0.39, 0.29) is 12.3 Å². The molecule has 3 heterocycles. The number of hydrogen-bond donors (Lipinski definition) is 1. The second-order valence-corrected chi connectivity index (χ2v) is 6.73. The highest BCUT2D eigenvalue weighted by Gasteiger charge is 2.12. The van der Waals surface area contributed by atoms with Crippen LogP contribution in [0, 0.1) is 12.8 Å². The smallest absolute Gasteiger partial charge is 0.226 e. The summed E-state index contributed by atoms with van der Waals surface area (Å²) in [6, 6.07) is 5.70. The second-order valence-electron chi connectivity index (χ2n) is 5.87. The zero-order valence-electron chi connectivity index (χ0n) is 13.7. The number of aromatic nitrogens is 3. The maximum Gasteiger partial charge on any atom is 0.226 e. The van der Waals surface area contributed by atoms with E-state index in [1.807, 2.05) is 41.4 Å². The summed E-state index contributed by atoms with van der Waals surface area (Å²) in [5.41, 5.74) is 0.765. The molecule has 3 rings (SSSR count). The van der Waals surface area contributed by atoms with Crippen LogP contribution >= 0.6 is 11.3 Å². The van der Waals surface area contributed by atoms with Crippen molar-refractivity contribution in [3.8, 4) is 10.8 Å². The Morgan fingerprint density at radius 1 is 1.46 bits per heavy atom. The van der Waals surface area contributed by atoms with Gasteiger partial charge >= 0.3 is 0 Å². The number of furan rings is 1. The first kappa shape index (κ1) is 16.4. The van der Waals surface area contributed by atoms with Gasteiger partial charge in [0.1, 0.15) is 5.76 Å². The topological polar surface area (TPSA) is 73.0 Å². The third-order valence-electron chi connectivity index (χ3n) is 3.55. The number of carbonyl (C=O) groups excluding carboxylic acids is 1. The van der Waals surface area contributed by atoms with Crippen molar-refractivity contribution in [1.82, 2.24) is 20.1 Å². The van der Waals surface area contributed by atoms with Gasteiger partial charge in [0.25, 0.3) is 0 Å². The fourth-order valence-corrected chi connectivity index (χ4v) is 3.14. The number of thiazole rings is 1. The van der Waals surface area contributed by atoms with Crippen LogP contribution in [0.1, 0.15) is 18.4 Å². The minimum absolute atomic E-state index is 0.0187. The largest absolute Gasteiger partial charge is 0.459 e. The predicted octanol–water partition coefficient (Wildman–Crippen LogP) is 2.90. The van der Waals surface area contributed by atoms with Gasteiger partial charge in [-0.2, -0.15) is 5.10 Å². The van der Waals surface area contributed by atoms with Crippen molar-refractivity contribution in [3.05, 3.63) is 47.4 Å². The van der Waals surface area contributed by atoms with E-state index in [0.29, 0.717) is 12.5 Å². The van der Waals surface area contributed by atoms with Crippen LogP contribution in [0.4, 0.5) is 0 Å². The third-order valence-corrected chi connectivity index (χ3v) is 4.46. The fraction of sp³-hybridized carbons (Fsp3) is 0.353. The molecule has 1 atom stereocenters. The van der Waals surface area contributed by atoms with Gasteiger partial charge in [0.2, 0.25) is 5.91 Å². The molecule has 0 unspecified atom stereocenters. The molecule has 7 heteroatoms. The second kappa shape index (κ2) is 7.44. The standard InChI is InChI=1S/C17H20N4O2S/c1-12(10-21-7-3-6-19-21)9-18-16(22)8-14-11-24-17(20-14)15-5-4-13(2)23-15/h3-7,11-12H,8-10H2,1-2H3,(H,18,22)/t12-/m1/s1. The van der Waals surface area contributed by atoms with E-state index in [1.54, 1.807) is 6.20 Å². The summed E-state index contributed by atoms with van der Waals surface area (Å²) in [4.78, 5) is 16.5. The van der Waals surface area contributed by atoms with Crippen LogP contribution in [-0.2, 0) is 17.8 Å². The van der Waals surface area contributed by atoms with Crippen molar-refractivity contribution in [3.63, 3.8) is 0 Å². The van der Waals surface area contributed by atoms with Crippen LogP contribution in [0.2, 0.25) is 0 Å². The SMILES string of the molecule is Cc1ccc(-c2nc(CC(=O)NC[C@@H](C)Cn3cccn3)cs2)o1. The first-order valence-electron chi connectivity index (χ1n) is 7.85. The van der Waals surface area contributed by atoms with Crippen molar-refractivity contribution in [2.45, 2.75) is 26.8 Å². The molecular weight excluding hydrogens is 324 g/mol. The molecule has 24 heavy (non-hydrogen) atoms. The van der Waals surface area contributed by atoms with Crippen LogP contribution in [0.3, 0.4) is 0 Å². The average Bonchev–Trinajstić information content (AvgIpc) is 3.27. The van der Waals surface area contributed by atoms with Crippen molar-refractivity contribution in [2.24, 2.45) is 5.92 Å². The maximum absolute atomic E-state index is 12.1. The van der Waals surface area contributed by atoms with E-state index in [0.717, 1.165) is 28.8 Å². The molecule has 1 N–H and O–H groups in total. The molecule has 0 aromatic carbocycles. The van der Waals surface area contributed by atoms with Gasteiger partial charge in [-0.15, -0.1) is 11.3 Å². The molecule has 0 spiro atoms. The molecule has 126 valence electrons. The van der Waals surface area contributed by atoms with Crippen molar-refractivity contribution in [2.75, 3.05) is 6.54 Å². The van der Waals surface area contributed by atoms with Crippen molar-refractivity contribution in [1.29, 1.82) is 0 Å². The molecule has 6 nitrogen and oxygen atoms in total. The lowest BCUT2D eigenvalue weighted by Gasteiger charge is -2.12. The van der Waals surface area contributed by atoms with E-state index in [4.69, 9.17) is 4.42 Å². The summed E-state index contributed by atoms with van der Waals surface area (Å²) in [7, 11) is 0. The summed E-state index contributed by atoms with van der Waals surface area (Å²) in [5.74, 6) is 1.89. The zero-order valence-corrected chi connectivity index (χ0v) is 14.5. The molecule has 0 aliphatic heterocycles. The van der Waals surface area contributed by atoms with E-state index < -0.39 is 0 Å². The fourth-order valence-electron chi connectivity index (χ4n) is 2.36. The summed E-state index contributed by atoms with van der Waals surface area (Å²) in [5, 5.41) is 9.83. The predicted molar refractivity (Wildman–Crippen MR) is 92.7 cm³/mol.